The Morgan fingerprint density at radius 2 is 1.73 bits per heavy atom. The van der Waals surface area contributed by atoms with Gasteiger partial charge in [0.05, 0.1) is 17.4 Å². The van der Waals surface area contributed by atoms with Gasteiger partial charge in [-0.15, -0.1) is 0 Å². The summed E-state index contributed by atoms with van der Waals surface area (Å²) < 4.78 is 5.88. The van der Waals surface area contributed by atoms with Crippen molar-refractivity contribution in [3.05, 3.63) is 90.4 Å². The van der Waals surface area contributed by atoms with Crippen LogP contribution in [0, 0.1) is 0 Å². The Bertz CT molecular complexity index is 1030. The molecule has 128 valence electrons. The largest absolute Gasteiger partial charge is 0.487 e. The highest BCUT2D eigenvalue weighted by Gasteiger charge is 2.04. The summed E-state index contributed by atoms with van der Waals surface area (Å²) in [5, 5.41) is 1.08. The van der Waals surface area contributed by atoms with Crippen LogP contribution in [-0.2, 0) is 13.2 Å². The Morgan fingerprint density at radius 1 is 0.846 bits per heavy atom. The third kappa shape index (κ3) is 3.55. The standard InChI is InChI=1S/C22H19N3O/c23-12-20-8-6-18-10-17(7-9-22(18)25-20)19-11-21(14-24-13-19)26-15-16-4-2-1-3-5-16/h1-11,13-14H,12,15,23H2. The molecule has 0 saturated heterocycles. The first kappa shape index (κ1) is 16.2. The van der Waals surface area contributed by atoms with Crippen molar-refractivity contribution in [3.8, 4) is 16.9 Å². The van der Waals surface area contributed by atoms with E-state index in [2.05, 4.69) is 22.1 Å². The lowest BCUT2D eigenvalue weighted by Gasteiger charge is -2.09. The van der Waals surface area contributed by atoms with Crippen LogP contribution in [0.25, 0.3) is 22.0 Å². The van der Waals surface area contributed by atoms with E-state index in [4.69, 9.17) is 10.5 Å². The fraction of sp³-hybridized carbons (Fsp3) is 0.0909. The van der Waals surface area contributed by atoms with Crippen LogP contribution in [0.15, 0.2) is 79.1 Å². The first-order valence-corrected chi connectivity index (χ1v) is 8.54. The Hall–Kier alpha value is -3.24. The van der Waals surface area contributed by atoms with E-state index in [0.29, 0.717) is 13.2 Å². The molecule has 4 nitrogen and oxygen atoms in total. The molecule has 0 aliphatic rings. The second-order valence-electron chi connectivity index (χ2n) is 6.10. The Labute approximate surface area is 152 Å². The highest BCUT2D eigenvalue weighted by Crippen LogP contribution is 2.26. The lowest BCUT2D eigenvalue weighted by Crippen LogP contribution is -1.99. The molecule has 0 aliphatic carbocycles. The molecule has 2 aromatic heterocycles. The second kappa shape index (κ2) is 7.33. The Morgan fingerprint density at radius 3 is 2.58 bits per heavy atom. The number of nitrogens with two attached hydrogens (primary N) is 1. The molecular weight excluding hydrogens is 322 g/mol. The Kier molecular flexibility index (Phi) is 4.58. The summed E-state index contributed by atoms with van der Waals surface area (Å²) in [6.45, 7) is 0.970. The monoisotopic (exact) mass is 341 g/mol. The molecule has 0 aliphatic heterocycles. The van der Waals surface area contributed by atoms with Crippen molar-refractivity contribution in [2.45, 2.75) is 13.2 Å². The van der Waals surface area contributed by atoms with Gasteiger partial charge in [0.1, 0.15) is 12.4 Å². The van der Waals surface area contributed by atoms with Gasteiger partial charge >= 0.3 is 0 Å². The van der Waals surface area contributed by atoms with Gasteiger partial charge in [-0.05, 0) is 35.4 Å². The molecule has 0 bridgehead atoms. The van der Waals surface area contributed by atoms with Crippen LogP contribution in [0.3, 0.4) is 0 Å². The maximum absolute atomic E-state index is 5.88. The zero-order valence-electron chi connectivity index (χ0n) is 14.3. The van der Waals surface area contributed by atoms with E-state index in [-0.39, 0.29) is 0 Å². The van der Waals surface area contributed by atoms with Crippen molar-refractivity contribution >= 4 is 10.9 Å². The zero-order chi connectivity index (χ0) is 17.8. The van der Waals surface area contributed by atoms with Gasteiger partial charge in [0.2, 0.25) is 0 Å². The number of fused-ring (bicyclic) bond motifs is 1. The molecule has 4 heteroatoms. The number of hydrogen-bond donors (Lipinski definition) is 1. The molecule has 2 heterocycles. The van der Waals surface area contributed by atoms with Crippen molar-refractivity contribution in [3.63, 3.8) is 0 Å². The van der Waals surface area contributed by atoms with E-state index in [0.717, 1.165) is 39.0 Å². The smallest absolute Gasteiger partial charge is 0.138 e. The fourth-order valence-corrected chi connectivity index (χ4v) is 2.86. The molecule has 4 rings (SSSR count). The molecular formula is C22H19N3O. The predicted molar refractivity (Wildman–Crippen MR) is 104 cm³/mol. The van der Waals surface area contributed by atoms with Gasteiger partial charge < -0.3 is 10.5 Å². The average Bonchev–Trinajstić information content (AvgIpc) is 2.72. The van der Waals surface area contributed by atoms with Gasteiger partial charge in [0.15, 0.2) is 0 Å². The molecule has 0 radical (unpaired) electrons. The molecule has 26 heavy (non-hydrogen) atoms. The fourth-order valence-electron chi connectivity index (χ4n) is 2.86. The van der Waals surface area contributed by atoms with Crippen LogP contribution in [0.1, 0.15) is 11.3 Å². The van der Waals surface area contributed by atoms with Crippen molar-refractivity contribution in [2.24, 2.45) is 5.73 Å². The van der Waals surface area contributed by atoms with Crippen molar-refractivity contribution in [1.29, 1.82) is 0 Å². The molecule has 0 fully saturated rings. The van der Waals surface area contributed by atoms with Crippen LogP contribution in [0.5, 0.6) is 5.75 Å². The summed E-state index contributed by atoms with van der Waals surface area (Å²) in [7, 11) is 0. The second-order valence-corrected chi connectivity index (χ2v) is 6.10. The highest BCUT2D eigenvalue weighted by molar-refractivity contribution is 5.84. The summed E-state index contributed by atoms with van der Waals surface area (Å²) in [5.41, 5.74) is 10.7. The van der Waals surface area contributed by atoms with E-state index < -0.39 is 0 Å². The van der Waals surface area contributed by atoms with Gasteiger partial charge in [-0.25, -0.2) is 0 Å². The van der Waals surface area contributed by atoms with E-state index in [1.807, 2.05) is 60.8 Å². The minimum Gasteiger partial charge on any atom is -0.487 e. The van der Waals surface area contributed by atoms with Gasteiger partial charge in [-0.3, -0.25) is 9.97 Å². The number of aromatic nitrogens is 2. The van der Waals surface area contributed by atoms with E-state index in [1.54, 1.807) is 6.20 Å². The van der Waals surface area contributed by atoms with Crippen LogP contribution >= 0.6 is 0 Å². The van der Waals surface area contributed by atoms with E-state index in [1.165, 1.54) is 0 Å². The van der Waals surface area contributed by atoms with E-state index >= 15 is 0 Å². The number of hydrogen-bond acceptors (Lipinski definition) is 4. The topological polar surface area (TPSA) is 61.0 Å². The lowest BCUT2D eigenvalue weighted by molar-refractivity contribution is 0.305. The Balaban J connectivity index is 1.58. The predicted octanol–water partition coefficient (Wildman–Crippen LogP) is 4.33. The maximum atomic E-state index is 5.88. The molecule has 0 saturated carbocycles. The summed E-state index contributed by atoms with van der Waals surface area (Å²) in [5.74, 6) is 0.753. The highest BCUT2D eigenvalue weighted by atomic mass is 16.5. The van der Waals surface area contributed by atoms with Crippen molar-refractivity contribution < 1.29 is 4.74 Å². The summed E-state index contributed by atoms with van der Waals surface area (Å²) in [6.07, 6.45) is 3.58. The lowest BCUT2D eigenvalue weighted by atomic mass is 10.0. The van der Waals surface area contributed by atoms with Gasteiger partial charge in [0, 0.05) is 23.7 Å². The minimum atomic E-state index is 0.447. The summed E-state index contributed by atoms with van der Waals surface area (Å²) in [6, 6.07) is 22.3. The molecule has 0 amide bonds. The zero-order valence-corrected chi connectivity index (χ0v) is 14.3. The normalized spacial score (nSPS) is 10.8. The third-order valence-corrected chi connectivity index (χ3v) is 4.25. The van der Waals surface area contributed by atoms with Gasteiger partial charge in [-0.2, -0.15) is 0 Å². The molecule has 0 atom stereocenters. The van der Waals surface area contributed by atoms with Gasteiger partial charge in [0.25, 0.3) is 0 Å². The van der Waals surface area contributed by atoms with Crippen LogP contribution in [-0.4, -0.2) is 9.97 Å². The quantitative estimate of drug-likeness (QED) is 0.587. The van der Waals surface area contributed by atoms with Crippen LogP contribution in [0.4, 0.5) is 0 Å². The number of pyridine rings is 2. The SMILES string of the molecule is NCc1ccc2cc(-c3cncc(OCc4ccccc4)c3)ccc2n1. The summed E-state index contributed by atoms with van der Waals surface area (Å²) >= 11 is 0. The molecule has 0 spiro atoms. The molecule has 4 aromatic rings. The molecule has 2 aromatic carbocycles. The van der Waals surface area contributed by atoms with Crippen molar-refractivity contribution in [2.75, 3.05) is 0 Å². The van der Waals surface area contributed by atoms with Crippen LogP contribution in [0.2, 0.25) is 0 Å². The first-order chi connectivity index (χ1) is 12.8. The van der Waals surface area contributed by atoms with Crippen molar-refractivity contribution in [1.82, 2.24) is 9.97 Å². The van der Waals surface area contributed by atoms with Gasteiger partial charge in [-0.1, -0.05) is 42.5 Å². The van der Waals surface area contributed by atoms with E-state index in [9.17, 15) is 0 Å². The third-order valence-electron chi connectivity index (χ3n) is 4.25. The van der Waals surface area contributed by atoms with Crippen LogP contribution < -0.4 is 10.5 Å². The maximum Gasteiger partial charge on any atom is 0.138 e. The molecule has 0 unspecified atom stereocenters. The first-order valence-electron chi connectivity index (χ1n) is 8.54. The average molecular weight is 341 g/mol. The number of ether oxygens (including phenoxy) is 1. The number of rotatable bonds is 5. The molecule has 2 N–H and O–H groups in total. The number of nitrogens with zero attached hydrogens (tertiary/aromatic N) is 2. The summed E-state index contributed by atoms with van der Waals surface area (Å²) in [4.78, 5) is 8.87. The number of benzene rings is 2. The minimum absolute atomic E-state index is 0.447.